The molecule has 3 rings (SSSR count). The van der Waals surface area contributed by atoms with Gasteiger partial charge in [-0.1, -0.05) is 6.07 Å². The summed E-state index contributed by atoms with van der Waals surface area (Å²) in [5, 5.41) is 3.81. The van der Waals surface area contributed by atoms with E-state index in [1.807, 2.05) is 7.05 Å². The number of benzene rings is 1. The predicted octanol–water partition coefficient (Wildman–Crippen LogP) is 1.33. The van der Waals surface area contributed by atoms with Gasteiger partial charge in [0.15, 0.2) is 0 Å². The summed E-state index contributed by atoms with van der Waals surface area (Å²) in [6, 6.07) is 8.62. The molecule has 0 spiro atoms. The lowest BCUT2D eigenvalue weighted by Gasteiger charge is -2.24. The van der Waals surface area contributed by atoms with Gasteiger partial charge in [-0.3, -0.25) is 9.59 Å². The Kier molecular flexibility index (Phi) is 5.38. The van der Waals surface area contributed by atoms with Gasteiger partial charge in [0.25, 0.3) is 0 Å². The number of ether oxygens (including phenoxy) is 1. The molecule has 1 aliphatic heterocycles. The lowest BCUT2D eigenvalue weighted by atomic mass is 9.98. The number of hydrogen-bond acceptors (Lipinski definition) is 3. The molecule has 1 aromatic carbocycles. The molecular weight excluding hydrogens is 318 g/mol. The van der Waals surface area contributed by atoms with Crippen molar-refractivity contribution in [1.29, 1.82) is 0 Å². The van der Waals surface area contributed by atoms with Crippen molar-refractivity contribution in [3.8, 4) is 0 Å². The van der Waals surface area contributed by atoms with E-state index >= 15 is 0 Å². The fourth-order valence-electron chi connectivity index (χ4n) is 3.33. The molecule has 1 N–H and O–H groups in total. The summed E-state index contributed by atoms with van der Waals surface area (Å²) < 4.78 is 7.80. The first-order chi connectivity index (χ1) is 12.0. The van der Waals surface area contributed by atoms with Gasteiger partial charge >= 0.3 is 0 Å². The third kappa shape index (κ3) is 4.39. The Morgan fingerprint density at radius 2 is 2.16 bits per heavy atom. The minimum Gasteiger partial charge on any atom is -0.379 e. The lowest BCUT2D eigenvalue weighted by Crippen LogP contribution is -2.42. The van der Waals surface area contributed by atoms with Crippen molar-refractivity contribution in [3.05, 3.63) is 36.0 Å². The number of carbonyl (C=O) groups is 2. The second-order valence-electron chi connectivity index (χ2n) is 6.71. The first-order valence-corrected chi connectivity index (χ1v) is 8.67. The summed E-state index contributed by atoms with van der Waals surface area (Å²) in [7, 11) is 2.04. The van der Waals surface area contributed by atoms with Crippen molar-refractivity contribution in [1.82, 2.24) is 14.8 Å². The van der Waals surface area contributed by atoms with E-state index in [0.29, 0.717) is 26.3 Å². The highest BCUT2D eigenvalue weighted by molar-refractivity contribution is 5.83. The van der Waals surface area contributed by atoms with E-state index in [1.165, 1.54) is 23.4 Å². The van der Waals surface area contributed by atoms with Crippen LogP contribution in [0.4, 0.5) is 0 Å². The fourth-order valence-corrected chi connectivity index (χ4v) is 3.33. The highest BCUT2D eigenvalue weighted by Gasteiger charge is 2.22. The Labute approximate surface area is 147 Å². The zero-order chi connectivity index (χ0) is 17.8. The zero-order valence-corrected chi connectivity index (χ0v) is 14.8. The summed E-state index contributed by atoms with van der Waals surface area (Å²) in [5.74, 6) is 0.0151. The van der Waals surface area contributed by atoms with Crippen molar-refractivity contribution >= 4 is 22.7 Å². The number of aryl methyl sites for hydroxylation is 1. The molecule has 1 aliphatic rings. The maximum Gasteiger partial charge on any atom is 0.242 e. The minimum atomic E-state index is -0.188. The average Bonchev–Trinajstić information content (AvgIpc) is 2.80. The van der Waals surface area contributed by atoms with Crippen LogP contribution in [0.1, 0.15) is 12.5 Å². The summed E-state index contributed by atoms with van der Waals surface area (Å²) in [6.45, 7) is 3.90. The third-order valence-electron chi connectivity index (χ3n) is 4.65. The van der Waals surface area contributed by atoms with Crippen molar-refractivity contribution in [2.24, 2.45) is 13.0 Å². The molecule has 0 radical (unpaired) electrons. The Bertz CT molecular complexity index is 768. The number of amides is 2. The topological polar surface area (TPSA) is 63.6 Å². The van der Waals surface area contributed by atoms with Gasteiger partial charge in [0, 0.05) is 44.7 Å². The highest BCUT2D eigenvalue weighted by atomic mass is 16.5. The molecule has 0 bridgehead atoms. The van der Waals surface area contributed by atoms with Crippen molar-refractivity contribution in [2.45, 2.75) is 13.3 Å². The zero-order valence-electron chi connectivity index (χ0n) is 14.8. The van der Waals surface area contributed by atoms with Crippen LogP contribution in [-0.4, -0.2) is 54.1 Å². The Balaban J connectivity index is 1.65. The van der Waals surface area contributed by atoms with E-state index in [9.17, 15) is 9.59 Å². The molecule has 1 atom stereocenters. The molecule has 0 saturated carbocycles. The van der Waals surface area contributed by atoms with Gasteiger partial charge in [0.1, 0.15) is 0 Å². The van der Waals surface area contributed by atoms with Crippen molar-refractivity contribution < 1.29 is 14.3 Å². The molecule has 6 nitrogen and oxygen atoms in total. The van der Waals surface area contributed by atoms with Gasteiger partial charge in [0.2, 0.25) is 11.8 Å². The van der Waals surface area contributed by atoms with Gasteiger partial charge in [-0.05, 0) is 35.6 Å². The van der Waals surface area contributed by atoms with Gasteiger partial charge < -0.3 is 19.5 Å². The van der Waals surface area contributed by atoms with E-state index in [4.69, 9.17) is 4.74 Å². The van der Waals surface area contributed by atoms with Gasteiger partial charge in [-0.15, -0.1) is 0 Å². The van der Waals surface area contributed by atoms with Crippen LogP contribution < -0.4 is 5.32 Å². The van der Waals surface area contributed by atoms with E-state index < -0.39 is 0 Å². The second kappa shape index (κ2) is 7.70. The molecule has 25 heavy (non-hydrogen) atoms. The summed E-state index contributed by atoms with van der Waals surface area (Å²) in [4.78, 5) is 25.1. The molecule has 2 amide bonds. The van der Waals surface area contributed by atoms with E-state index in [-0.39, 0.29) is 24.3 Å². The normalized spacial score (nSPS) is 18.2. The first-order valence-electron chi connectivity index (χ1n) is 8.67. The Morgan fingerprint density at radius 3 is 2.96 bits per heavy atom. The fraction of sp³-hybridized carbons (Fsp3) is 0.474. The first kappa shape index (κ1) is 17.5. The van der Waals surface area contributed by atoms with Crippen LogP contribution in [-0.2, 0) is 27.8 Å². The number of hydrogen-bond donors (Lipinski definition) is 1. The summed E-state index contributed by atoms with van der Waals surface area (Å²) >= 11 is 0. The average molecular weight is 343 g/mol. The number of aromatic nitrogens is 1. The van der Waals surface area contributed by atoms with Gasteiger partial charge in [0.05, 0.1) is 19.8 Å². The van der Waals surface area contributed by atoms with Gasteiger partial charge in [-0.2, -0.15) is 0 Å². The van der Waals surface area contributed by atoms with E-state index in [0.717, 1.165) is 6.42 Å². The van der Waals surface area contributed by atoms with Crippen LogP contribution in [0.15, 0.2) is 30.5 Å². The predicted molar refractivity (Wildman–Crippen MR) is 96.2 cm³/mol. The van der Waals surface area contributed by atoms with Crippen molar-refractivity contribution in [2.75, 3.05) is 32.8 Å². The van der Waals surface area contributed by atoms with Crippen LogP contribution in [0.3, 0.4) is 0 Å². The summed E-state index contributed by atoms with van der Waals surface area (Å²) in [5.41, 5.74) is 2.47. The number of fused-ring (bicyclic) bond motifs is 1. The molecule has 2 aromatic rings. The number of nitrogens with one attached hydrogen (secondary N) is 1. The van der Waals surface area contributed by atoms with Crippen LogP contribution in [0.25, 0.3) is 10.9 Å². The highest BCUT2D eigenvalue weighted by Crippen LogP contribution is 2.20. The van der Waals surface area contributed by atoms with Crippen LogP contribution in [0, 0.1) is 5.92 Å². The van der Waals surface area contributed by atoms with Crippen molar-refractivity contribution in [3.63, 3.8) is 0 Å². The maximum atomic E-state index is 12.3. The molecule has 1 fully saturated rings. The monoisotopic (exact) mass is 343 g/mol. The molecule has 1 saturated heterocycles. The van der Waals surface area contributed by atoms with Gasteiger partial charge in [-0.25, -0.2) is 0 Å². The second-order valence-corrected chi connectivity index (χ2v) is 6.71. The standard InChI is InChI=1S/C19H25N3O3/c1-14(23)20-11-19(24)22-7-8-25-13-16(12-22)9-15-3-4-18-17(10-15)5-6-21(18)2/h3-6,10,16H,7-9,11-13H2,1-2H3,(H,20,23)/t16-/m1/s1. The Hall–Kier alpha value is -2.34. The third-order valence-corrected chi connectivity index (χ3v) is 4.65. The summed E-state index contributed by atoms with van der Waals surface area (Å²) in [6.07, 6.45) is 2.93. The smallest absolute Gasteiger partial charge is 0.242 e. The minimum absolute atomic E-state index is 0.0517. The number of rotatable bonds is 4. The van der Waals surface area contributed by atoms with Crippen LogP contribution in [0.5, 0.6) is 0 Å². The molecule has 1 aromatic heterocycles. The quantitative estimate of drug-likeness (QED) is 0.911. The molecule has 2 heterocycles. The van der Waals surface area contributed by atoms with E-state index in [2.05, 4.69) is 40.3 Å². The molecule has 134 valence electrons. The molecule has 0 aliphatic carbocycles. The lowest BCUT2D eigenvalue weighted by molar-refractivity contribution is -0.132. The Morgan fingerprint density at radius 1 is 1.32 bits per heavy atom. The molecule has 6 heteroatoms. The van der Waals surface area contributed by atoms with Crippen LogP contribution in [0.2, 0.25) is 0 Å². The number of nitrogens with zero attached hydrogens (tertiary/aromatic N) is 2. The largest absolute Gasteiger partial charge is 0.379 e. The van der Waals surface area contributed by atoms with Crippen LogP contribution >= 0.6 is 0 Å². The molecule has 0 unspecified atom stereocenters. The molecular formula is C19H25N3O3. The SMILES string of the molecule is CC(=O)NCC(=O)N1CCOC[C@H](Cc2ccc3c(ccn3C)c2)C1. The maximum absolute atomic E-state index is 12.3. The number of carbonyl (C=O) groups excluding carboxylic acids is 2. The van der Waals surface area contributed by atoms with E-state index in [1.54, 1.807) is 4.90 Å².